The third-order valence-electron chi connectivity index (χ3n) is 9.34. The molecule has 6 aromatic rings. The molecule has 1 aliphatic heterocycles. The summed E-state index contributed by atoms with van der Waals surface area (Å²) in [7, 11) is 1.35. The summed E-state index contributed by atoms with van der Waals surface area (Å²) in [6.07, 6.45) is 5.42. The van der Waals surface area contributed by atoms with Gasteiger partial charge in [0.1, 0.15) is 11.4 Å². The molecule has 4 aromatic heterocycles. The first-order valence-corrected chi connectivity index (χ1v) is 18.0. The van der Waals surface area contributed by atoms with Gasteiger partial charge in [-0.2, -0.15) is 0 Å². The average Bonchev–Trinajstić information content (AvgIpc) is 3.91. The van der Waals surface area contributed by atoms with Crippen molar-refractivity contribution >= 4 is 57.6 Å². The molecular weight excluding hydrogens is 692 g/mol. The van der Waals surface area contributed by atoms with Crippen LogP contribution in [-0.4, -0.2) is 79.3 Å². The monoisotopic (exact) mass is 736 g/mol. The summed E-state index contributed by atoms with van der Waals surface area (Å²) < 4.78 is 26.5. The van der Waals surface area contributed by atoms with Crippen molar-refractivity contribution in [3.8, 4) is 0 Å². The van der Waals surface area contributed by atoms with Gasteiger partial charge in [-0.25, -0.2) is 24.7 Å². The highest BCUT2D eigenvalue weighted by molar-refractivity contribution is 5.98. The minimum absolute atomic E-state index is 0.387. The van der Waals surface area contributed by atoms with Crippen LogP contribution in [-0.2, 0) is 41.9 Å². The lowest BCUT2D eigenvalue weighted by atomic mass is 10.1. The number of aryl methyl sites for hydroxylation is 4. The molecule has 7 rings (SSSR count). The van der Waals surface area contributed by atoms with Crippen molar-refractivity contribution in [3.63, 3.8) is 0 Å². The molecule has 2 aromatic carbocycles. The second-order valence-electron chi connectivity index (χ2n) is 13.0. The average molecular weight is 737 g/mol. The smallest absolute Gasteiger partial charge is 0.337 e. The lowest BCUT2D eigenvalue weighted by Crippen LogP contribution is -2.35. The summed E-state index contributed by atoms with van der Waals surface area (Å²) in [5, 5.41) is 6.72. The lowest BCUT2D eigenvalue weighted by Gasteiger charge is -2.27. The molecule has 0 radical (unpaired) electrons. The Labute approximate surface area is 311 Å². The van der Waals surface area contributed by atoms with Crippen LogP contribution in [0, 0.1) is 13.8 Å². The van der Waals surface area contributed by atoms with Gasteiger partial charge in [-0.05, 0) is 48.7 Å². The number of nitrogens with zero attached hydrogens (tertiary/aromatic N) is 7. The van der Waals surface area contributed by atoms with Crippen LogP contribution in [0.5, 0.6) is 0 Å². The highest BCUT2D eigenvalue weighted by Crippen LogP contribution is 2.31. The number of nitrogens with one attached hydrogen (secondary N) is 2. The van der Waals surface area contributed by atoms with Crippen LogP contribution in [0.1, 0.15) is 63.3 Å². The molecule has 4 N–H and O–H groups in total. The predicted molar refractivity (Wildman–Crippen MR) is 202 cm³/mol. The van der Waals surface area contributed by atoms with E-state index in [9.17, 15) is 9.59 Å². The number of esters is 1. The van der Waals surface area contributed by atoms with Crippen LogP contribution in [0.2, 0.25) is 0 Å². The number of aromatic nitrogens is 6. The largest absolute Gasteiger partial charge is 0.465 e. The second kappa shape index (κ2) is 15.5. The van der Waals surface area contributed by atoms with E-state index in [2.05, 4.69) is 30.1 Å². The minimum atomic E-state index is -0.523. The van der Waals surface area contributed by atoms with E-state index in [-0.39, 0.29) is 0 Å². The van der Waals surface area contributed by atoms with E-state index < -0.39 is 11.9 Å². The molecule has 16 heteroatoms. The van der Waals surface area contributed by atoms with Crippen LogP contribution in [0.15, 0.2) is 51.3 Å². The quantitative estimate of drug-likeness (QED) is 0.0930. The van der Waals surface area contributed by atoms with E-state index in [1.807, 2.05) is 42.7 Å². The van der Waals surface area contributed by atoms with E-state index in [4.69, 9.17) is 34.0 Å². The maximum Gasteiger partial charge on any atom is 0.337 e. The van der Waals surface area contributed by atoms with Gasteiger partial charge in [0.25, 0.3) is 0 Å². The number of morpholine rings is 1. The molecule has 16 nitrogen and oxygen atoms in total. The van der Waals surface area contributed by atoms with E-state index >= 15 is 0 Å². The molecule has 1 aliphatic rings. The Morgan fingerprint density at radius 2 is 1.43 bits per heavy atom. The zero-order valence-corrected chi connectivity index (χ0v) is 31.1. The van der Waals surface area contributed by atoms with Crippen molar-refractivity contribution in [2.75, 3.05) is 44.0 Å². The number of carbonyl (C=O) groups is 2. The van der Waals surface area contributed by atoms with Crippen LogP contribution >= 0.6 is 0 Å². The normalized spacial score (nSPS) is 13.7. The fourth-order valence-electron chi connectivity index (χ4n) is 6.72. The Hall–Kier alpha value is -6.00. The van der Waals surface area contributed by atoms with Gasteiger partial charge >= 0.3 is 5.97 Å². The van der Waals surface area contributed by atoms with Gasteiger partial charge < -0.3 is 33.2 Å². The number of anilines is 4. The van der Waals surface area contributed by atoms with E-state index in [0.29, 0.717) is 103 Å². The van der Waals surface area contributed by atoms with Gasteiger partial charge in [0.15, 0.2) is 11.8 Å². The maximum absolute atomic E-state index is 12.5. The summed E-state index contributed by atoms with van der Waals surface area (Å²) in [4.78, 5) is 46.0. The number of oxazole rings is 2. The van der Waals surface area contributed by atoms with Crippen molar-refractivity contribution in [3.05, 3.63) is 82.3 Å². The van der Waals surface area contributed by atoms with Gasteiger partial charge in [0.05, 0.1) is 48.0 Å². The van der Waals surface area contributed by atoms with Gasteiger partial charge in [0, 0.05) is 52.1 Å². The molecule has 1 saturated heterocycles. The number of fused-ring (bicyclic) bond motifs is 2. The molecular formula is C38H44N10O6. The van der Waals surface area contributed by atoms with Gasteiger partial charge in [-0.15, -0.1) is 0 Å². The number of hydrogen-bond acceptors (Lipinski definition) is 13. The number of primary amides is 1. The topological polar surface area (TPSA) is 194 Å². The minimum Gasteiger partial charge on any atom is -0.465 e. The fraction of sp³-hybridized carbons (Fsp3) is 0.368. The zero-order valence-electron chi connectivity index (χ0n) is 31.1. The molecule has 1 fully saturated rings. The van der Waals surface area contributed by atoms with Gasteiger partial charge in [0.2, 0.25) is 29.6 Å². The summed E-state index contributed by atoms with van der Waals surface area (Å²) >= 11 is 0. The SMILES string of the molecule is CCc1nc(C)oc1Nc1nc2cc(C(=O)OC)ccc2n1C/C=C/Cn1c(Nc2oc(C)nc2CC)nc2cc(C(N)=O)cc(CN3CCOCC3)c21. The third kappa shape index (κ3) is 7.43. The highest BCUT2D eigenvalue weighted by atomic mass is 16.5. The Kier molecular flexibility index (Phi) is 10.5. The Morgan fingerprint density at radius 1 is 0.833 bits per heavy atom. The molecule has 0 aliphatic carbocycles. The number of hydrogen-bond donors (Lipinski definition) is 3. The van der Waals surface area contributed by atoms with Crippen LogP contribution in [0.3, 0.4) is 0 Å². The Morgan fingerprint density at radius 3 is 2.04 bits per heavy atom. The standard InChI is InChI=1S/C38H44N10O6/c1-6-27-34(53-22(3)40-27)44-37-42-29-19-24(36(50)51-5)10-11-31(29)47(37)12-8-9-13-48-32-26(21-46-14-16-52-17-15-46)18-25(33(39)49)20-30(32)43-38(48)45-35-28(7-2)41-23(4)54-35/h8-11,18-20H,6-7,12-17,21H2,1-5H3,(H2,39,49)(H,42,44)(H,43,45)/b9-8+. The van der Waals surface area contributed by atoms with E-state index in [1.165, 1.54) is 7.11 Å². The number of methoxy groups -OCH3 is 1. The summed E-state index contributed by atoms with van der Waals surface area (Å²) in [5.41, 5.74) is 12.0. The molecule has 0 saturated carbocycles. The third-order valence-corrected chi connectivity index (χ3v) is 9.34. The molecule has 0 unspecified atom stereocenters. The number of allylic oxidation sites excluding steroid dienone is 2. The summed E-state index contributed by atoms with van der Waals surface area (Å²) in [5.74, 6) is 2.21. The zero-order chi connectivity index (χ0) is 37.9. The van der Waals surface area contributed by atoms with Gasteiger partial charge in [-0.3, -0.25) is 20.3 Å². The van der Waals surface area contributed by atoms with Crippen LogP contribution in [0.25, 0.3) is 22.1 Å². The van der Waals surface area contributed by atoms with E-state index in [1.54, 1.807) is 32.0 Å². The lowest BCUT2D eigenvalue weighted by molar-refractivity contribution is 0.0343. The number of imidazole rings is 2. The van der Waals surface area contributed by atoms with Crippen molar-refractivity contribution in [2.45, 2.75) is 60.2 Å². The van der Waals surface area contributed by atoms with E-state index in [0.717, 1.165) is 41.1 Å². The second-order valence-corrected chi connectivity index (χ2v) is 13.0. The molecule has 0 spiro atoms. The number of carbonyl (C=O) groups excluding carboxylic acids is 2. The number of benzene rings is 2. The predicted octanol–water partition coefficient (Wildman–Crippen LogP) is 5.56. The Balaban J connectivity index is 1.27. The number of amides is 1. The fourth-order valence-corrected chi connectivity index (χ4v) is 6.72. The molecule has 1 amide bonds. The first-order chi connectivity index (χ1) is 26.1. The van der Waals surface area contributed by atoms with Crippen molar-refractivity contribution in [2.24, 2.45) is 5.73 Å². The summed E-state index contributed by atoms with van der Waals surface area (Å²) in [6.45, 7) is 11.9. The highest BCUT2D eigenvalue weighted by Gasteiger charge is 2.22. The molecule has 5 heterocycles. The molecule has 0 bridgehead atoms. The molecule has 54 heavy (non-hydrogen) atoms. The first-order valence-electron chi connectivity index (χ1n) is 18.0. The number of nitrogens with two attached hydrogens (primary N) is 1. The first kappa shape index (κ1) is 36.4. The number of ether oxygens (including phenoxy) is 2. The Bertz CT molecular complexity index is 2360. The van der Waals surface area contributed by atoms with Gasteiger partial charge in [-0.1, -0.05) is 26.0 Å². The summed E-state index contributed by atoms with van der Waals surface area (Å²) in [6, 6.07) is 8.87. The van der Waals surface area contributed by atoms with Crippen molar-refractivity contribution in [1.29, 1.82) is 0 Å². The van der Waals surface area contributed by atoms with Crippen molar-refractivity contribution in [1.82, 2.24) is 34.0 Å². The number of rotatable bonds is 14. The van der Waals surface area contributed by atoms with Crippen LogP contribution in [0.4, 0.5) is 23.7 Å². The van der Waals surface area contributed by atoms with Crippen LogP contribution < -0.4 is 16.4 Å². The maximum atomic E-state index is 12.5. The van der Waals surface area contributed by atoms with Crippen molar-refractivity contribution < 1.29 is 27.9 Å². The molecule has 0 atom stereocenters. The molecule has 282 valence electrons.